The quantitative estimate of drug-likeness (QED) is 0.455. The molecular formula is C21H18ClN3O2S2. The number of halogens is 1. The van der Waals surface area contributed by atoms with Gasteiger partial charge in [0.2, 0.25) is 10.0 Å². The number of rotatable bonds is 5. The predicted octanol–water partition coefficient (Wildman–Crippen LogP) is 5.28. The summed E-state index contributed by atoms with van der Waals surface area (Å²) in [6, 6.07) is 18.5. The maximum Gasteiger partial charge on any atom is 0.242 e. The molecule has 8 heteroatoms. The van der Waals surface area contributed by atoms with Gasteiger partial charge in [-0.15, -0.1) is 0 Å². The zero-order valence-electron chi connectivity index (χ0n) is 15.8. The fourth-order valence-corrected chi connectivity index (χ4v) is 5.01. The Kier molecular flexibility index (Phi) is 5.40. The van der Waals surface area contributed by atoms with Gasteiger partial charge >= 0.3 is 0 Å². The number of nitrogens with zero attached hydrogens (tertiary/aromatic N) is 2. The molecule has 0 bridgehead atoms. The van der Waals surface area contributed by atoms with E-state index >= 15 is 0 Å². The Bertz CT molecular complexity index is 1270. The standard InChI is InChI=1S/C21H18ClN3O2S2/c1-25(2)29(26,27)17-11-5-14(6-12-17)19-20(18-4-3-13-23-21(18)24-19)28-16-9-7-15(22)8-10-16/h3-13H,1-2H3,(H,23,24). The van der Waals surface area contributed by atoms with Crippen molar-refractivity contribution in [1.29, 1.82) is 0 Å². The molecule has 0 spiro atoms. The smallest absolute Gasteiger partial charge is 0.242 e. The third-order valence-electron chi connectivity index (χ3n) is 4.48. The van der Waals surface area contributed by atoms with Crippen molar-refractivity contribution in [1.82, 2.24) is 14.3 Å². The van der Waals surface area contributed by atoms with Crippen molar-refractivity contribution in [3.8, 4) is 11.3 Å². The molecule has 0 atom stereocenters. The first-order valence-corrected chi connectivity index (χ1v) is 11.4. The minimum Gasteiger partial charge on any atom is -0.338 e. The summed E-state index contributed by atoms with van der Waals surface area (Å²) < 4.78 is 25.9. The summed E-state index contributed by atoms with van der Waals surface area (Å²) in [5.74, 6) is 0. The summed E-state index contributed by atoms with van der Waals surface area (Å²) in [7, 11) is -0.428. The molecule has 4 rings (SSSR count). The Hall–Kier alpha value is -2.32. The maximum atomic E-state index is 12.3. The molecule has 0 saturated heterocycles. The van der Waals surface area contributed by atoms with Crippen molar-refractivity contribution in [2.24, 2.45) is 0 Å². The molecule has 0 saturated carbocycles. The normalized spacial score (nSPS) is 12.0. The SMILES string of the molecule is CN(C)S(=O)(=O)c1ccc(-c2[nH]c3ncccc3c2Sc2ccc(Cl)cc2)cc1. The largest absolute Gasteiger partial charge is 0.338 e. The number of aromatic amines is 1. The first-order chi connectivity index (χ1) is 13.9. The van der Waals surface area contributed by atoms with E-state index < -0.39 is 10.0 Å². The van der Waals surface area contributed by atoms with Crippen LogP contribution in [0.15, 0.2) is 81.5 Å². The fraction of sp³-hybridized carbons (Fsp3) is 0.0952. The topological polar surface area (TPSA) is 66.1 Å². The van der Waals surface area contributed by atoms with E-state index in [-0.39, 0.29) is 4.90 Å². The Balaban J connectivity index is 1.80. The lowest BCUT2D eigenvalue weighted by Crippen LogP contribution is -2.22. The van der Waals surface area contributed by atoms with Crippen LogP contribution in [0.5, 0.6) is 0 Å². The lowest BCUT2D eigenvalue weighted by Gasteiger charge is -2.12. The summed E-state index contributed by atoms with van der Waals surface area (Å²) in [6.45, 7) is 0. The number of hydrogen-bond acceptors (Lipinski definition) is 4. The number of pyridine rings is 1. The second kappa shape index (κ2) is 7.84. The van der Waals surface area contributed by atoms with Gasteiger partial charge in [0.05, 0.1) is 10.6 Å². The van der Waals surface area contributed by atoms with Crippen LogP contribution in [0.1, 0.15) is 0 Å². The van der Waals surface area contributed by atoms with Gasteiger partial charge in [-0.1, -0.05) is 35.5 Å². The summed E-state index contributed by atoms with van der Waals surface area (Å²) in [5.41, 5.74) is 2.56. The Morgan fingerprint density at radius 3 is 2.34 bits per heavy atom. The molecule has 0 aliphatic carbocycles. The molecule has 5 nitrogen and oxygen atoms in total. The molecule has 0 unspecified atom stereocenters. The van der Waals surface area contributed by atoms with Gasteiger partial charge in [-0.2, -0.15) is 0 Å². The van der Waals surface area contributed by atoms with Crippen molar-refractivity contribution in [3.05, 3.63) is 71.9 Å². The Morgan fingerprint density at radius 2 is 1.69 bits per heavy atom. The number of hydrogen-bond donors (Lipinski definition) is 1. The number of fused-ring (bicyclic) bond motifs is 1. The molecule has 2 aromatic heterocycles. The average molecular weight is 444 g/mol. The van der Waals surface area contributed by atoms with Gasteiger partial charge < -0.3 is 4.98 Å². The van der Waals surface area contributed by atoms with E-state index in [1.807, 2.05) is 48.5 Å². The number of H-pyrrole nitrogens is 1. The minimum atomic E-state index is -3.47. The number of aromatic nitrogens is 2. The molecule has 29 heavy (non-hydrogen) atoms. The Labute approximate surface area is 178 Å². The third kappa shape index (κ3) is 3.91. The third-order valence-corrected chi connectivity index (χ3v) is 7.70. The van der Waals surface area contributed by atoms with Crippen molar-refractivity contribution in [2.75, 3.05) is 14.1 Å². The van der Waals surface area contributed by atoms with E-state index in [0.717, 1.165) is 32.1 Å². The van der Waals surface area contributed by atoms with Crippen LogP contribution >= 0.6 is 23.4 Å². The van der Waals surface area contributed by atoms with Gasteiger partial charge in [-0.3, -0.25) is 0 Å². The molecule has 148 valence electrons. The van der Waals surface area contributed by atoms with Crippen molar-refractivity contribution >= 4 is 44.4 Å². The highest BCUT2D eigenvalue weighted by Crippen LogP contribution is 2.41. The second-order valence-electron chi connectivity index (χ2n) is 6.60. The highest BCUT2D eigenvalue weighted by Gasteiger charge is 2.19. The molecule has 0 amide bonds. The molecule has 0 aliphatic heterocycles. The zero-order valence-corrected chi connectivity index (χ0v) is 18.1. The van der Waals surface area contributed by atoms with Crippen LogP contribution < -0.4 is 0 Å². The highest BCUT2D eigenvalue weighted by atomic mass is 35.5. The first kappa shape index (κ1) is 20.0. The maximum absolute atomic E-state index is 12.3. The minimum absolute atomic E-state index is 0.257. The zero-order chi connectivity index (χ0) is 20.6. The number of nitrogens with one attached hydrogen (secondary N) is 1. The van der Waals surface area contributed by atoms with E-state index in [9.17, 15) is 8.42 Å². The van der Waals surface area contributed by atoms with Crippen molar-refractivity contribution in [3.63, 3.8) is 0 Å². The molecule has 0 aliphatic rings. The lowest BCUT2D eigenvalue weighted by molar-refractivity contribution is 0.521. The van der Waals surface area contributed by atoms with Gasteiger partial charge in [0.1, 0.15) is 5.65 Å². The van der Waals surface area contributed by atoms with Crippen LogP contribution in [0.3, 0.4) is 0 Å². The highest BCUT2D eigenvalue weighted by molar-refractivity contribution is 7.99. The average Bonchev–Trinajstić information content (AvgIpc) is 3.08. The van der Waals surface area contributed by atoms with E-state index in [2.05, 4.69) is 9.97 Å². The van der Waals surface area contributed by atoms with Gasteiger partial charge in [0, 0.05) is 40.5 Å². The van der Waals surface area contributed by atoms with Crippen LogP contribution in [0.2, 0.25) is 5.02 Å². The van der Waals surface area contributed by atoms with Crippen LogP contribution in [0, 0.1) is 0 Å². The first-order valence-electron chi connectivity index (χ1n) is 8.79. The molecule has 0 fully saturated rings. The van der Waals surface area contributed by atoms with E-state index in [4.69, 9.17) is 11.6 Å². The van der Waals surface area contributed by atoms with Crippen LogP contribution in [-0.4, -0.2) is 36.8 Å². The molecular weight excluding hydrogens is 426 g/mol. The number of benzene rings is 2. The van der Waals surface area contributed by atoms with Crippen LogP contribution in [0.25, 0.3) is 22.3 Å². The molecule has 1 N–H and O–H groups in total. The van der Waals surface area contributed by atoms with Gasteiger partial charge in [-0.05, 0) is 54.1 Å². The van der Waals surface area contributed by atoms with Crippen LogP contribution in [0.4, 0.5) is 0 Å². The van der Waals surface area contributed by atoms with Gasteiger partial charge in [0.15, 0.2) is 0 Å². The van der Waals surface area contributed by atoms with Gasteiger partial charge in [-0.25, -0.2) is 17.7 Å². The monoisotopic (exact) mass is 443 g/mol. The Morgan fingerprint density at radius 1 is 1.00 bits per heavy atom. The van der Waals surface area contributed by atoms with E-state index in [1.54, 1.807) is 30.1 Å². The molecule has 0 radical (unpaired) electrons. The van der Waals surface area contributed by atoms with E-state index in [0.29, 0.717) is 5.02 Å². The molecule has 2 heterocycles. The lowest BCUT2D eigenvalue weighted by atomic mass is 10.1. The summed E-state index contributed by atoms with van der Waals surface area (Å²) in [4.78, 5) is 10.1. The summed E-state index contributed by atoms with van der Waals surface area (Å²) in [6.07, 6.45) is 1.74. The molecule has 4 aromatic rings. The van der Waals surface area contributed by atoms with Crippen LogP contribution in [-0.2, 0) is 10.0 Å². The molecule has 2 aromatic carbocycles. The number of sulfonamides is 1. The second-order valence-corrected chi connectivity index (χ2v) is 10.3. The van der Waals surface area contributed by atoms with Crippen molar-refractivity contribution < 1.29 is 8.42 Å². The van der Waals surface area contributed by atoms with Gasteiger partial charge in [0.25, 0.3) is 0 Å². The predicted molar refractivity (Wildman–Crippen MR) is 118 cm³/mol. The summed E-state index contributed by atoms with van der Waals surface area (Å²) >= 11 is 7.62. The summed E-state index contributed by atoms with van der Waals surface area (Å²) in [5, 5.41) is 1.69. The van der Waals surface area contributed by atoms with Crippen molar-refractivity contribution in [2.45, 2.75) is 14.7 Å². The van der Waals surface area contributed by atoms with E-state index in [1.165, 1.54) is 18.4 Å². The fourth-order valence-electron chi connectivity index (χ4n) is 2.93.